The number of carboxylic acids is 1. The van der Waals surface area contributed by atoms with E-state index in [0.717, 1.165) is 6.54 Å². The number of nitrogens with one attached hydrogen (secondary N) is 1. The number of carboxylic acid groups (broad SMARTS) is 1. The van der Waals surface area contributed by atoms with E-state index in [0.29, 0.717) is 6.04 Å². The molecule has 0 aliphatic carbocycles. The normalized spacial score (nSPS) is 24.3. The Bertz CT molecular complexity index is 368. The summed E-state index contributed by atoms with van der Waals surface area (Å²) in [5, 5.41) is 15.0. The van der Waals surface area contributed by atoms with Crippen LogP contribution in [0.2, 0.25) is 0 Å². The van der Waals surface area contributed by atoms with E-state index in [9.17, 15) is 21.6 Å². The van der Waals surface area contributed by atoms with Gasteiger partial charge in [-0.2, -0.15) is 13.2 Å². The van der Waals surface area contributed by atoms with E-state index in [1.165, 1.54) is 0 Å². The molecule has 102 valence electrons. The number of halogens is 3. The van der Waals surface area contributed by atoms with Gasteiger partial charge in [-0.25, -0.2) is 18.4 Å². The second kappa shape index (κ2) is 5.65. The van der Waals surface area contributed by atoms with Crippen LogP contribution in [-0.4, -0.2) is 44.0 Å². The van der Waals surface area contributed by atoms with E-state index in [1.54, 1.807) is 0 Å². The smallest absolute Gasteiger partial charge is 0.475 e. The van der Waals surface area contributed by atoms with Crippen LogP contribution < -0.4 is 10.5 Å². The van der Waals surface area contributed by atoms with Crippen molar-refractivity contribution in [3.63, 3.8) is 0 Å². The first-order valence-electron chi connectivity index (χ1n) is 4.47. The minimum Gasteiger partial charge on any atom is -0.475 e. The third kappa shape index (κ3) is 7.13. The Balaban J connectivity index is 0.000000325. The molecule has 2 atom stereocenters. The molecule has 10 heteroatoms. The molecule has 0 aromatic heterocycles. The molecule has 0 aromatic rings. The molecule has 0 bridgehead atoms. The van der Waals surface area contributed by atoms with Gasteiger partial charge in [0.15, 0.2) is 0 Å². The minimum absolute atomic E-state index is 0.112. The molecular weight excluding hydrogens is 265 g/mol. The number of hydrogen-bond donors (Lipinski definition) is 3. The highest BCUT2D eigenvalue weighted by Crippen LogP contribution is 2.13. The standard InChI is InChI=1S/C5H12N2O2S.C2HF3O2/c1-4-5(2-7-4)3-10(6,8)9;3-2(4,5)1(6)7/h4-5,7H,2-3H2,1H3,(H2,6,8,9);(H,6,7)/t4-,5+;/m1./s1. The molecule has 0 unspecified atom stereocenters. The molecule has 1 aliphatic heterocycles. The SMILES string of the molecule is C[C@H]1NC[C@H]1CS(N)(=O)=O.O=C(O)C(F)(F)F. The van der Waals surface area contributed by atoms with Crippen LogP contribution in [0.5, 0.6) is 0 Å². The van der Waals surface area contributed by atoms with Gasteiger partial charge in [0, 0.05) is 18.5 Å². The van der Waals surface area contributed by atoms with Gasteiger partial charge in [-0.3, -0.25) is 0 Å². The fourth-order valence-corrected chi connectivity index (χ4v) is 2.03. The van der Waals surface area contributed by atoms with E-state index >= 15 is 0 Å². The van der Waals surface area contributed by atoms with Gasteiger partial charge in [0.1, 0.15) is 0 Å². The van der Waals surface area contributed by atoms with E-state index in [-0.39, 0.29) is 11.7 Å². The topological polar surface area (TPSA) is 109 Å². The van der Waals surface area contributed by atoms with Crippen molar-refractivity contribution in [3.8, 4) is 0 Å². The van der Waals surface area contributed by atoms with Crippen molar-refractivity contribution in [1.82, 2.24) is 5.32 Å². The Morgan fingerprint density at radius 3 is 2.00 bits per heavy atom. The number of carbonyl (C=O) groups is 1. The first-order valence-corrected chi connectivity index (χ1v) is 6.19. The van der Waals surface area contributed by atoms with Crippen LogP contribution in [0, 0.1) is 5.92 Å². The van der Waals surface area contributed by atoms with Gasteiger partial charge in [0.2, 0.25) is 10.0 Å². The summed E-state index contributed by atoms with van der Waals surface area (Å²) in [6.45, 7) is 2.73. The van der Waals surface area contributed by atoms with Crippen LogP contribution >= 0.6 is 0 Å². The first-order chi connectivity index (χ1) is 7.43. The number of nitrogens with two attached hydrogens (primary N) is 1. The highest BCUT2D eigenvalue weighted by atomic mass is 32.2. The Morgan fingerprint density at radius 2 is 1.94 bits per heavy atom. The molecule has 0 saturated carbocycles. The Labute approximate surface area is 96.0 Å². The zero-order valence-corrected chi connectivity index (χ0v) is 9.68. The molecule has 4 N–H and O–H groups in total. The summed E-state index contributed by atoms with van der Waals surface area (Å²) in [6.07, 6.45) is -5.08. The quantitative estimate of drug-likeness (QED) is 0.632. The maximum absolute atomic E-state index is 10.6. The van der Waals surface area contributed by atoms with Crippen molar-refractivity contribution < 1.29 is 31.5 Å². The summed E-state index contributed by atoms with van der Waals surface area (Å²) in [7, 11) is -3.26. The lowest BCUT2D eigenvalue weighted by Gasteiger charge is -2.34. The van der Waals surface area contributed by atoms with Crippen LogP contribution in [0.1, 0.15) is 6.92 Å². The second-order valence-electron chi connectivity index (χ2n) is 3.59. The summed E-state index contributed by atoms with van der Waals surface area (Å²) >= 11 is 0. The molecule has 1 fully saturated rings. The lowest BCUT2D eigenvalue weighted by molar-refractivity contribution is -0.192. The molecule has 0 aromatic carbocycles. The molecule has 0 amide bonds. The van der Waals surface area contributed by atoms with Crippen molar-refractivity contribution in [2.75, 3.05) is 12.3 Å². The number of rotatable bonds is 2. The maximum Gasteiger partial charge on any atom is 0.490 e. The van der Waals surface area contributed by atoms with Crippen LogP contribution in [-0.2, 0) is 14.8 Å². The molecule has 0 spiro atoms. The van der Waals surface area contributed by atoms with Crippen molar-refractivity contribution in [3.05, 3.63) is 0 Å². The molecular formula is C7H13F3N2O4S. The lowest BCUT2D eigenvalue weighted by Crippen LogP contribution is -2.54. The van der Waals surface area contributed by atoms with Gasteiger partial charge in [0.25, 0.3) is 0 Å². The van der Waals surface area contributed by atoms with Crippen LogP contribution in [0.15, 0.2) is 0 Å². The highest BCUT2D eigenvalue weighted by Gasteiger charge is 2.38. The predicted molar refractivity (Wildman–Crippen MR) is 52.6 cm³/mol. The van der Waals surface area contributed by atoms with Gasteiger partial charge >= 0.3 is 12.1 Å². The van der Waals surface area contributed by atoms with Crippen LogP contribution in [0.3, 0.4) is 0 Å². The van der Waals surface area contributed by atoms with Crippen LogP contribution in [0.4, 0.5) is 13.2 Å². The Morgan fingerprint density at radius 1 is 1.53 bits per heavy atom. The average molecular weight is 278 g/mol. The van der Waals surface area contributed by atoms with Crippen molar-refractivity contribution in [1.29, 1.82) is 0 Å². The van der Waals surface area contributed by atoms with Gasteiger partial charge in [-0.1, -0.05) is 0 Å². The third-order valence-corrected chi connectivity index (χ3v) is 2.99. The van der Waals surface area contributed by atoms with Gasteiger partial charge in [-0.15, -0.1) is 0 Å². The number of hydrogen-bond acceptors (Lipinski definition) is 4. The lowest BCUT2D eigenvalue weighted by atomic mass is 9.96. The second-order valence-corrected chi connectivity index (χ2v) is 5.25. The molecule has 1 saturated heterocycles. The molecule has 1 rings (SSSR count). The molecule has 1 aliphatic rings. The van der Waals surface area contributed by atoms with Crippen molar-refractivity contribution in [2.24, 2.45) is 11.1 Å². The highest BCUT2D eigenvalue weighted by molar-refractivity contribution is 7.89. The number of aliphatic carboxylic acids is 1. The van der Waals surface area contributed by atoms with Gasteiger partial charge in [-0.05, 0) is 6.92 Å². The summed E-state index contributed by atoms with van der Waals surface area (Å²) in [5.41, 5.74) is 0. The Kier molecular flexibility index (Phi) is 5.36. The number of primary sulfonamides is 1. The fraction of sp³-hybridized carbons (Fsp3) is 0.857. The van der Waals surface area contributed by atoms with Gasteiger partial charge in [0.05, 0.1) is 5.75 Å². The maximum atomic E-state index is 10.6. The number of sulfonamides is 1. The largest absolute Gasteiger partial charge is 0.490 e. The third-order valence-electron chi connectivity index (χ3n) is 2.10. The van der Waals surface area contributed by atoms with Crippen LogP contribution in [0.25, 0.3) is 0 Å². The first kappa shape index (κ1) is 16.1. The zero-order valence-electron chi connectivity index (χ0n) is 8.86. The predicted octanol–water partition coefficient (Wildman–Crippen LogP) is -0.484. The molecule has 6 nitrogen and oxygen atoms in total. The van der Waals surface area contributed by atoms with Crippen molar-refractivity contribution in [2.45, 2.75) is 19.1 Å². The summed E-state index contributed by atoms with van der Waals surface area (Å²) < 4.78 is 52.8. The molecule has 0 radical (unpaired) electrons. The summed E-state index contributed by atoms with van der Waals surface area (Å²) in [6, 6.07) is 0.304. The fourth-order valence-electron chi connectivity index (χ4n) is 1.02. The Hall–Kier alpha value is -0.870. The van der Waals surface area contributed by atoms with Crippen molar-refractivity contribution >= 4 is 16.0 Å². The molecule has 17 heavy (non-hydrogen) atoms. The van der Waals surface area contributed by atoms with Gasteiger partial charge < -0.3 is 10.4 Å². The monoisotopic (exact) mass is 278 g/mol. The van der Waals surface area contributed by atoms with E-state index in [2.05, 4.69) is 5.32 Å². The van der Waals surface area contributed by atoms with E-state index in [1.807, 2.05) is 6.92 Å². The minimum atomic E-state index is -5.08. The van der Waals surface area contributed by atoms with E-state index in [4.69, 9.17) is 15.0 Å². The van der Waals surface area contributed by atoms with E-state index < -0.39 is 22.2 Å². The average Bonchev–Trinajstić information content (AvgIpc) is 2.10. The number of alkyl halides is 3. The molecule has 1 heterocycles. The summed E-state index contributed by atoms with van der Waals surface area (Å²) in [5.74, 6) is -2.43. The zero-order chi connectivity index (χ0) is 13.9. The summed E-state index contributed by atoms with van der Waals surface area (Å²) in [4.78, 5) is 8.90.